The fourth-order valence-corrected chi connectivity index (χ4v) is 3.68. The Morgan fingerprint density at radius 1 is 1.45 bits per heavy atom. The van der Waals surface area contributed by atoms with Gasteiger partial charge in [-0.25, -0.2) is 9.97 Å². The van der Waals surface area contributed by atoms with E-state index in [4.69, 9.17) is 11.6 Å². The van der Waals surface area contributed by atoms with E-state index in [0.29, 0.717) is 5.88 Å². The average molecular weight is 371 g/mol. The van der Waals surface area contributed by atoms with Crippen LogP contribution in [0.5, 0.6) is 0 Å². The van der Waals surface area contributed by atoms with E-state index in [1.54, 1.807) is 11.3 Å². The van der Waals surface area contributed by atoms with Crippen LogP contribution in [0.15, 0.2) is 28.9 Å². The third-order valence-electron chi connectivity index (χ3n) is 3.23. The highest BCUT2D eigenvalue weighted by molar-refractivity contribution is 9.10. The molecule has 1 unspecified atom stereocenters. The molecule has 3 nitrogen and oxygen atoms in total. The van der Waals surface area contributed by atoms with Gasteiger partial charge < -0.3 is 4.57 Å². The zero-order valence-corrected chi connectivity index (χ0v) is 14.3. The van der Waals surface area contributed by atoms with Gasteiger partial charge in [0.15, 0.2) is 0 Å². The Hall–Kier alpha value is -0.910. The van der Waals surface area contributed by atoms with E-state index in [1.807, 2.05) is 18.3 Å². The lowest BCUT2D eigenvalue weighted by Crippen LogP contribution is -2.09. The Bertz CT molecular complexity index is 765. The van der Waals surface area contributed by atoms with Crippen molar-refractivity contribution in [3.05, 3.63) is 44.6 Å². The number of benzene rings is 1. The Labute approximate surface area is 134 Å². The minimum Gasteiger partial charge on any atom is -0.317 e. The largest absolute Gasteiger partial charge is 0.317 e. The SMILES string of the molecule is Cc1cnc(C(C)n2c(CCl)nc3cc(Br)ccc32)s1. The summed E-state index contributed by atoms with van der Waals surface area (Å²) in [6, 6.07) is 6.24. The van der Waals surface area contributed by atoms with E-state index in [9.17, 15) is 0 Å². The molecule has 0 saturated heterocycles. The molecule has 2 aromatic heterocycles. The van der Waals surface area contributed by atoms with Gasteiger partial charge >= 0.3 is 0 Å². The van der Waals surface area contributed by atoms with Gasteiger partial charge in [0.25, 0.3) is 0 Å². The maximum atomic E-state index is 6.07. The lowest BCUT2D eigenvalue weighted by Gasteiger charge is -2.14. The molecule has 0 amide bonds. The molecule has 3 aromatic rings. The zero-order chi connectivity index (χ0) is 14.3. The van der Waals surface area contributed by atoms with Crippen LogP contribution in [-0.2, 0) is 5.88 Å². The number of rotatable bonds is 3. The van der Waals surface area contributed by atoms with Crippen molar-refractivity contribution >= 4 is 49.9 Å². The molecular weight excluding hydrogens is 358 g/mol. The average Bonchev–Trinajstić information content (AvgIpc) is 3.00. The topological polar surface area (TPSA) is 30.7 Å². The predicted octanol–water partition coefficient (Wildman–Crippen LogP) is 4.91. The first-order valence-corrected chi connectivity index (χ1v) is 8.39. The first-order valence-electron chi connectivity index (χ1n) is 6.25. The Kier molecular flexibility index (Phi) is 3.84. The first-order chi connectivity index (χ1) is 9.60. The fourth-order valence-electron chi connectivity index (χ4n) is 2.32. The summed E-state index contributed by atoms with van der Waals surface area (Å²) < 4.78 is 3.20. The van der Waals surface area contributed by atoms with E-state index in [1.165, 1.54) is 4.88 Å². The van der Waals surface area contributed by atoms with Gasteiger partial charge in [-0.3, -0.25) is 0 Å². The van der Waals surface area contributed by atoms with Crippen LogP contribution < -0.4 is 0 Å². The normalized spacial score (nSPS) is 13.0. The minimum atomic E-state index is 0.133. The van der Waals surface area contributed by atoms with Crippen LogP contribution in [-0.4, -0.2) is 14.5 Å². The fraction of sp³-hybridized carbons (Fsp3) is 0.286. The van der Waals surface area contributed by atoms with Crippen LogP contribution in [0.1, 0.15) is 28.7 Å². The molecule has 0 bridgehead atoms. The van der Waals surface area contributed by atoms with Crippen molar-refractivity contribution < 1.29 is 0 Å². The molecular formula is C14H13BrClN3S. The van der Waals surface area contributed by atoms with Crippen LogP contribution >= 0.6 is 38.9 Å². The molecule has 3 rings (SSSR count). The van der Waals surface area contributed by atoms with Crippen molar-refractivity contribution in [1.82, 2.24) is 14.5 Å². The molecule has 0 aliphatic carbocycles. The van der Waals surface area contributed by atoms with Gasteiger partial charge in [0.05, 0.1) is 23.0 Å². The predicted molar refractivity (Wildman–Crippen MR) is 87.7 cm³/mol. The summed E-state index contributed by atoms with van der Waals surface area (Å²) in [7, 11) is 0. The van der Waals surface area contributed by atoms with Gasteiger partial charge in [-0.1, -0.05) is 15.9 Å². The van der Waals surface area contributed by atoms with Crippen molar-refractivity contribution in [1.29, 1.82) is 0 Å². The van der Waals surface area contributed by atoms with Crippen molar-refractivity contribution in [2.45, 2.75) is 25.8 Å². The Balaban J connectivity index is 2.18. The van der Waals surface area contributed by atoms with E-state index in [2.05, 4.69) is 50.4 Å². The summed E-state index contributed by atoms with van der Waals surface area (Å²) in [4.78, 5) is 10.3. The molecule has 1 atom stereocenters. The second kappa shape index (κ2) is 5.47. The molecule has 0 aliphatic rings. The number of thiazole rings is 1. The van der Waals surface area contributed by atoms with E-state index < -0.39 is 0 Å². The number of halogens is 2. The van der Waals surface area contributed by atoms with Crippen molar-refractivity contribution in [2.24, 2.45) is 0 Å². The van der Waals surface area contributed by atoms with Crippen molar-refractivity contribution in [3.63, 3.8) is 0 Å². The quantitative estimate of drug-likeness (QED) is 0.613. The molecule has 1 aromatic carbocycles. The summed E-state index contributed by atoms with van der Waals surface area (Å²) in [5.41, 5.74) is 2.04. The van der Waals surface area contributed by atoms with Crippen molar-refractivity contribution in [2.75, 3.05) is 0 Å². The summed E-state index contributed by atoms with van der Waals surface area (Å²) in [5, 5.41) is 1.08. The molecule has 20 heavy (non-hydrogen) atoms. The molecule has 0 spiro atoms. The first kappa shape index (κ1) is 14.0. The second-order valence-corrected chi connectivity index (χ2v) is 7.10. The Morgan fingerprint density at radius 2 is 2.25 bits per heavy atom. The molecule has 0 radical (unpaired) electrons. The summed E-state index contributed by atoms with van der Waals surface area (Å²) >= 11 is 11.3. The summed E-state index contributed by atoms with van der Waals surface area (Å²) in [6.07, 6.45) is 1.91. The highest BCUT2D eigenvalue weighted by Crippen LogP contribution is 2.30. The van der Waals surface area contributed by atoms with Gasteiger partial charge in [0, 0.05) is 15.5 Å². The highest BCUT2D eigenvalue weighted by Gasteiger charge is 2.19. The van der Waals surface area contributed by atoms with Crippen molar-refractivity contribution in [3.8, 4) is 0 Å². The molecule has 2 heterocycles. The maximum Gasteiger partial charge on any atom is 0.125 e. The van der Waals surface area contributed by atoms with Crippen LogP contribution in [0, 0.1) is 6.92 Å². The minimum absolute atomic E-state index is 0.133. The summed E-state index contributed by atoms with van der Waals surface area (Å²) in [6.45, 7) is 4.21. The van der Waals surface area contributed by atoms with Crippen LogP contribution in [0.2, 0.25) is 0 Å². The van der Waals surface area contributed by atoms with Crippen LogP contribution in [0.3, 0.4) is 0 Å². The number of imidazole rings is 1. The van der Waals surface area contributed by atoms with E-state index in [0.717, 1.165) is 26.3 Å². The standard InChI is InChI=1S/C14H13BrClN3S/c1-8-7-17-14(20-8)9(2)19-12-4-3-10(15)5-11(12)18-13(19)6-16/h3-5,7,9H,6H2,1-2H3. The second-order valence-electron chi connectivity index (χ2n) is 4.65. The third-order valence-corrected chi connectivity index (χ3v) is 5.04. The number of fused-ring (bicyclic) bond motifs is 1. The van der Waals surface area contributed by atoms with Crippen LogP contribution in [0.25, 0.3) is 11.0 Å². The number of nitrogens with zero attached hydrogens (tertiary/aromatic N) is 3. The van der Waals surface area contributed by atoms with E-state index in [-0.39, 0.29) is 6.04 Å². The molecule has 0 N–H and O–H groups in total. The van der Waals surface area contributed by atoms with E-state index >= 15 is 0 Å². The lowest BCUT2D eigenvalue weighted by molar-refractivity contribution is 0.630. The lowest BCUT2D eigenvalue weighted by atomic mass is 10.3. The van der Waals surface area contributed by atoms with Gasteiger partial charge in [-0.2, -0.15) is 0 Å². The van der Waals surface area contributed by atoms with Gasteiger partial charge in [-0.05, 0) is 32.0 Å². The summed E-state index contributed by atoms with van der Waals surface area (Å²) in [5.74, 6) is 1.26. The molecule has 0 fully saturated rings. The number of alkyl halides is 1. The number of hydrogen-bond acceptors (Lipinski definition) is 3. The number of aromatic nitrogens is 3. The van der Waals surface area contributed by atoms with Crippen LogP contribution in [0.4, 0.5) is 0 Å². The van der Waals surface area contributed by atoms with Gasteiger partial charge in [0.2, 0.25) is 0 Å². The molecule has 0 aliphatic heterocycles. The van der Waals surface area contributed by atoms with Gasteiger partial charge in [0.1, 0.15) is 10.8 Å². The maximum absolute atomic E-state index is 6.07. The molecule has 6 heteroatoms. The molecule has 0 saturated carbocycles. The number of hydrogen-bond donors (Lipinski definition) is 0. The third kappa shape index (κ3) is 2.38. The smallest absolute Gasteiger partial charge is 0.125 e. The monoisotopic (exact) mass is 369 g/mol. The number of aryl methyl sites for hydroxylation is 1. The highest BCUT2D eigenvalue weighted by atomic mass is 79.9. The molecule has 104 valence electrons. The Morgan fingerprint density at radius 3 is 2.90 bits per heavy atom. The van der Waals surface area contributed by atoms with Gasteiger partial charge in [-0.15, -0.1) is 22.9 Å². The zero-order valence-electron chi connectivity index (χ0n) is 11.1.